The van der Waals surface area contributed by atoms with Gasteiger partial charge in [0.25, 0.3) is 0 Å². The molecule has 0 aromatic carbocycles. The van der Waals surface area contributed by atoms with Crippen molar-refractivity contribution in [3.8, 4) is 0 Å². The summed E-state index contributed by atoms with van der Waals surface area (Å²) in [5.74, 6) is 0. The first-order valence-corrected chi connectivity index (χ1v) is 2.35. The summed E-state index contributed by atoms with van der Waals surface area (Å²) in [5, 5.41) is 3.79. The van der Waals surface area contributed by atoms with Crippen molar-refractivity contribution in [2.75, 3.05) is 21.1 Å². The Morgan fingerprint density at radius 3 is 2.12 bits per heavy atom. The topological polar surface area (TPSA) is 44.4 Å². The number of nitrogens with zero attached hydrogens (tertiary/aromatic N) is 1. The van der Waals surface area contributed by atoms with Gasteiger partial charge in [-0.3, -0.25) is 5.01 Å². The van der Waals surface area contributed by atoms with Crippen LogP contribution in [0.15, 0.2) is 0 Å². The van der Waals surface area contributed by atoms with E-state index in [1.165, 1.54) is 5.01 Å². The summed E-state index contributed by atoms with van der Waals surface area (Å²) in [5.41, 5.74) is 2.64. The van der Waals surface area contributed by atoms with Gasteiger partial charge in [-0.1, -0.05) is 0 Å². The molecular formula is C4H11N3O. The van der Waals surface area contributed by atoms with Crippen LogP contribution in [0.5, 0.6) is 0 Å². The lowest BCUT2D eigenvalue weighted by molar-refractivity contribution is 0.196. The van der Waals surface area contributed by atoms with E-state index in [4.69, 9.17) is 0 Å². The molecule has 0 saturated carbocycles. The Kier molecular flexibility index (Phi) is 2.95. The van der Waals surface area contributed by atoms with Crippen molar-refractivity contribution in [3.05, 3.63) is 0 Å². The van der Waals surface area contributed by atoms with Crippen LogP contribution in [0.1, 0.15) is 0 Å². The second-order valence-electron chi connectivity index (χ2n) is 1.34. The summed E-state index contributed by atoms with van der Waals surface area (Å²) in [6, 6.07) is -0.146. The Morgan fingerprint density at radius 1 is 1.50 bits per heavy atom. The number of urea groups is 1. The summed E-state index contributed by atoms with van der Waals surface area (Å²) in [7, 11) is 4.89. The first-order valence-electron chi connectivity index (χ1n) is 2.35. The molecule has 0 atom stereocenters. The summed E-state index contributed by atoms with van der Waals surface area (Å²) < 4.78 is 0. The van der Waals surface area contributed by atoms with Gasteiger partial charge < -0.3 is 5.32 Å². The Labute approximate surface area is 48.8 Å². The number of hydrazine groups is 1. The number of amides is 2. The average molecular weight is 117 g/mol. The van der Waals surface area contributed by atoms with Gasteiger partial charge in [0.1, 0.15) is 0 Å². The second kappa shape index (κ2) is 3.26. The standard InChI is InChI=1S/C4H11N3O/c1-5-4(8)7(3)6-2/h6H,1-3H3,(H,5,8). The van der Waals surface area contributed by atoms with E-state index in [-0.39, 0.29) is 6.03 Å². The molecule has 0 unspecified atom stereocenters. The lowest BCUT2D eigenvalue weighted by atomic mass is 10.9. The second-order valence-corrected chi connectivity index (χ2v) is 1.34. The van der Waals surface area contributed by atoms with Gasteiger partial charge in [0, 0.05) is 21.1 Å². The molecule has 4 heteroatoms. The fraction of sp³-hybridized carbons (Fsp3) is 0.750. The van der Waals surface area contributed by atoms with Crippen LogP contribution < -0.4 is 10.7 Å². The van der Waals surface area contributed by atoms with E-state index in [0.717, 1.165) is 0 Å². The minimum absolute atomic E-state index is 0.146. The van der Waals surface area contributed by atoms with E-state index in [1.54, 1.807) is 21.1 Å². The number of hydrogen-bond donors (Lipinski definition) is 2. The van der Waals surface area contributed by atoms with Crippen LogP contribution >= 0.6 is 0 Å². The molecule has 4 nitrogen and oxygen atoms in total. The average Bonchev–Trinajstić information content (AvgIpc) is 1.84. The van der Waals surface area contributed by atoms with E-state index in [2.05, 4.69) is 10.7 Å². The van der Waals surface area contributed by atoms with E-state index < -0.39 is 0 Å². The number of carbonyl (C=O) groups is 1. The zero-order valence-electron chi connectivity index (χ0n) is 5.36. The normalized spacial score (nSPS) is 8.38. The first-order chi connectivity index (χ1) is 3.72. The van der Waals surface area contributed by atoms with Crippen LogP contribution in [0.25, 0.3) is 0 Å². The zero-order chi connectivity index (χ0) is 6.57. The lowest BCUT2D eigenvalue weighted by Crippen LogP contribution is -2.42. The summed E-state index contributed by atoms with van der Waals surface area (Å²) >= 11 is 0. The number of rotatable bonds is 1. The molecule has 2 N–H and O–H groups in total. The zero-order valence-corrected chi connectivity index (χ0v) is 5.36. The molecule has 0 aromatic rings. The predicted octanol–water partition coefficient (Wildman–Crippen LogP) is -0.608. The monoisotopic (exact) mass is 117 g/mol. The fourth-order valence-electron chi connectivity index (χ4n) is 0.269. The maximum atomic E-state index is 10.5. The van der Waals surface area contributed by atoms with Crippen LogP contribution in [0.3, 0.4) is 0 Å². The first kappa shape index (κ1) is 7.23. The third-order valence-electron chi connectivity index (χ3n) is 0.854. The molecule has 48 valence electrons. The van der Waals surface area contributed by atoms with Crippen molar-refractivity contribution in [3.63, 3.8) is 0 Å². The third kappa shape index (κ3) is 1.79. The molecule has 0 aliphatic carbocycles. The smallest absolute Gasteiger partial charge is 0.331 e. The van der Waals surface area contributed by atoms with E-state index in [0.29, 0.717) is 0 Å². The van der Waals surface area contributed by atoms with Crippen LogP contribution in [-0.2, 0) is 0 Å². The van der Waals surface area contributed by atoms with Gasteiger partial charge in [-0.2, -0.15) is 0 Å². The molecular weight excluding hydrogens is 106 g/mol. The van der Waals surface area contributed by atoms with E-state index in [9.17, 15) is 4.79 Å². The summed E-state index contributed by atoms with van der Waals surface area (Å²) in [6.45, 7) is 0. The number of carbonyl (C=O) groups excluding carboxylic acids is 1. The molecule has 0 rings (SSSR count). The molecule has 0 spiro atoms. The van der Waals surface area contributed by atoms with Crippen molar-refractivity contribution in [1.82, 2.24) is 15.8 Å². The SMILES string of the molecule is CNC(=O)N(C)NC. The molecule has 8 heavy (non-hydrogen) atoms. The van der Waals surface area contributed by atoms with Gasteiger partial charge in [-0.25, -0.2) is 10.2 Å². The predicted molar refractivity (Wildman–Crippen MR) is 31.3 cm³/mol. The highest BCUT2D eigenvalue weighted by Crippen LogP contribution is 1.70. The van der Waals surface area contributed by atoms with Crippen molar-refractivity contribution in [2.24, 2.45) is 0 Å². The molecule has 0 saturated heterocycles. The molecule has 0 radical (unpaired) electrons. The molecule has 0 fully saturated rings. The maximum absolute atomic E-state index is 10.5. The van der Waals surface area contributed by atoms with E-state index >= 15 is 0 Å². The van der Waals surface area contributed by atoms with Crippen LogP contribution in [0.4, 0.5) is 4.79 Å². The summed E-state index contributed by atoms with van der Waals surface area (Å²) in [6.07, 6.45) is 0. The van der Waals surface area contributed by atoms with Crippen molar-refractivity contribution in [1.29, 1.82) is 0 Å². The molecule has 0 aliphatic heterocycles. The third-order valence-corrected chi connectivity index (χ3v) is 0.854. The van der Waals surface area contributed by atoms with Crippen LogP contribution in [-0.4, -0.2) is 32.2 Å². The van der Waals surface area contributed by atoms with Gasteiger partial charge in [-0.15, -0.1) is 0 Å². The summed E-state index contributed by atoms with van der Waals surface area (Å²) in [4.78, 5) is 10.5. The van der Waals surface area contributed by atoms with Gasteiger partial charge in [0.05, 0.1) is 0 Å². The highest BCUT2D eigenvalue weighted by atomic mass is 16.2. The fourth-order valence-corrected chi connectivity index (χ4v) is 0.269. The number of hydrogen-bond acceptors (Lipinski definition) is 2. The van der Waals surface area contributed by atoms with Gasteiger partial charge in [0.2, 0.25) is 0 Å². The molecule has 0 aromatic heterocycles. The van der Waals surface area contributed by atoms with Crippen molar-refractivity contribution < 1.29 is 4.79 Å². The number of nitrogens with one attached hydrogen (secondary N) is 2. The minimum atomic E-state index is -0.146. The highest BCUT2D eigenvalue weighted by molar-refractivity contribution is 5.72. The maximum Gasteiger partial charge on any atom is 0.331 e. The van der Waals surface area contributed by atoms with Gasteiger partial charge in [0.15, 0.2) is 0 Å². The lowest BCUT2D eigenvalue weighted by Gasteiger charge is -2.13. The largest absolute Gasteiger partial charge is 0.340 e. The van der Waals surface area contributed by atoms with Gasteiger partial charge >= 0.3 is 6.03 Å². The van der Waals surface area contributed by atoms with Gasteiger partial charge in [-0.05, 0) is 0 Å². The molecule has 2 amide bonds. The Bertz CT molecular complexity index is 83.4. The van der Waals surface area contributed by atoms with Crippen LogP contribution in [0.2, 0.25) is 0 Å². The molecule has 0 aliphatic rings. The van der Waals surface area contributed by atoms with Crippen molar-refractivity contribution >= 4 is 6.03 Å². The van der Waals surface area contributed by atoms with Crippen LogP contribution in [0, 0.1) is 0 Å². The van der Waals surface area contributed by atoms with Crippen molar-refractivity contribution in [2.45, 2.75) is 0 Å². The van der Waals surface area contributed by atoms with E-state index in [1.807, 2.05) is 0 Å². The Balaban J connectivity index is 3.46. The minimum Gasteiger partial charge on any atom is -0.340 e. The quantitative estimate of drug-likeness (QED) is 0.450. The molecule has 0 bridgehead atoms. The Morgan fingerprint density at radius 2 is 2.00 bits per heavy atom. The molecule has 0 heterocycles. The Hall–Kier alpha value is -0.770. The highest BCUT2D eigenvalue weighted by Gasteiger charge is 1.98.